The van der Waals surface area contributed by atoms with Gasteiger partial charge in [-0.3, -0.25) is 0 Å². The minimum atomic E-state index is 0. The van der Waals surface area contributed by atoms with E-state index in [4.69, 9.17) is 0 Å². The van der Waals surface area contributed by atoms with E-state index in [1.54, 1.807) is 0 Å². The number of pyridine rings is 1. The standard InChI is InChI=1S/C25H46N.BrH/c1-4-5-6-7-8-9-10-11-12-13-14-15-16-17-18-19-22-26-23-20-21-24(2)25(26)3;/h20-21,23H,4-19,22H2,1-3H3;1H/q+1;/p-1. The van der Waals surface area contributed by atoms with E-state index in [-0.39, 0.29) is 17.0 Å². The van der Waals surface area contributed by atoms with E-state index in [2.05, 4.69) is 43.7 Å². The maximum atomic E-state index is 2.42. The molecule has 0 aliphatic carbocycles. The van der Waals surface area contributed by atoms with Gasteiger partial charge in [0.2, 0.25) is 0 Å². The fraction of sp³-hybridized carbons (Fsp3) is 0.800. The first-order valence-corrected chi connectivity index (χ1v) is 11.7. The van der Waals surface area contributed by atoms with Gasteiger partial charge in [-0.2, -0.15) is 0 Å². The number of hydrogen-bond donors (Lipinski definition) is 0. The Labute approximate surface area is 181 Å². The molecule has 0 amide bonds. The number of aromatic nitrogens is 1. The average Bonchev–Trinajstić information content (AvgIpc) is 2.64. The summed E-state index contributed by atoms with van der Waals surface area (Å²) in [6.45, 7) is 7.93. The van der Waals surface area contributed by atoms with Crippen LogP contribution in [-0.2, 0) is 6.54 Å². The second-order valence-electron chi connectivity index (χ2n) is 8.27. The Hall–Kier alpha value is -0.370. The fourth-order valence-corrected chi connectivity index (χ4v) is 3.82. The third kappa shape index (κ3) is 14.3. The molecule has 0 N–H and O–H groups in total. The number of unbranched alkanes of at least 4 members (excludes halogenated alkanes) is 15. The zero-order valence-electron chi connectivity index (χ0n) is 18.6. The minimum absolute atomic E-state index is 0. The molecule has 0 spiro atoms. The van der Waals surface area contributed by atoms with Gasteiger partial charge in [0.25, 0.3) is 0 Å². The smallest absolute Gasteiger partial charge is 0.181 e. The highest BCUT2D eigenvalue weighted by atomic mass is 79.9. The van der Waals surface area contributed by atoms with Crippen molar-refractivity contribution in [1.82, 2.24) is 0 Å². The summed E-state index contributed by atoms with van der Waals surface area (Å²) in [4.78, 5) is 0. The lowest BCUT2D eigenvalue weighted by Gasteiger charge is -2.04. The van der Waals surface area contributed by atoms with E-state index in [9.17, 15) is 0 Å². The van der Waals surface area contributed by atoms with Crippen LogP contribution in [0.25, 0.3) is 0 Å². The van der Waals surface area contributed by atoms with Gasteiger partial charge < -0.3 is 17.0 Å². The summed E-state index contributed by atoms with van der Waals surface area (Å²) in [5, 5.41) is 0. The van der Waals surface area contributed by atoms with E-state index in [1.807, 2.05) is 0 Å². The van der Waals surface area contributed by atoms with Crippen LogP contribution in [0.2, 0.25) is 0 Å². The van der Waals surface area contributed by atoms with Gasteiger partial charge in [0, 0.05) is 25.0 Å². The van der Waals surface area contributed by atoms with E-state index >= 15 is 0 Å². The fourth-order valence-electron chi connectivity index (χ4n) is 3.82. The van der Waals surface area contributed by atoms with Crippen LogP contribution >= 0.6 is 0 Å². The van der Waals surface area contributed by atoms with Crippen LogP contribution in [0.4, 0.5) is 0 Å². The van der Waals surface area contributed by atoms with Gasteiger partial charge in [0.1, 0.15) is 6.54 Å². The number of rotatable bonds is 17. The Morgan fingerprint density at radius 1 is 0.630 bits per heavy atom. The summed E-state index contributed by atoms with van der Waals surface area (Å²) in [5.41, 5.74) is 2.83. The van der Waals surface area contributed by atoms with Crippen molar-refractivity contribution in [1.29, 1.82) is 0 Å². The summed E-state index contributed by atoms with van der Waals surface area (Å²) in [6, 6.07) is 4.38. The van der Waals surface area contributed by atoms with Crippen LogP contribution in [0.5, 0.6) is 0 Å². The topological polar surface area (TPSA) is 3.88 Å². The second-order valence-corrected chi connectivity index (χ2v) is 8.27. The van der Waals surface area contributed by atoms with Crippen molar-refractivity contribution in [3.05, 3.63) is 29.6 Å². The Morgan fingerprint density at radius 2 is 1.04 bits per heavy atom. The highest BCUT2D eigenvalue weighted by molar-refractivity contribution is 5.11. The zero-order valence-corrected chi connectivity index (χ0v) is 20.2. The van der Waals surface area contributed by atoms with Crippen molar-refractivity contribution >= 4 is 0 Å². The molecule has 1 heterocycles. The van der Waals surface area contributed by atoms with Gasteiger partial charge in [-0.1, -0.05) is 96.8 Å². The predicted molar refractivity (Wildman–Crippen MR) is 116 cm³/mol. The first kappa shape index (κ1) is 26.6. The zero-order chi connectivity index (χ0) is 18.9. The average molecular weight is 441 g/mol. The predicted octanol–water partition coefficient (Wildman–Crippen LogP) is 4.86. The van der Waals surface area contributed by atoms with Crippen molar-refractivity contribution < 1.29 is 21.5 Å². The number of hydrogen-bond acceptors (Lipinski definition) is 0. The molecule has 0 bridgehead atoms. The van der Waals surface area contributed by atoms with E-state index in [0.717, 1.165) is 0 Å². The largest absolute Gasteiger partial charge is 1.00 e. The first-order chi connectivity index (χ1) is 12.8. The molecule has 0 aromatic carbocycles. The Morgan fingerprint density at radius 3 is 1.48 bits per heavy atom. The van der Waals surface area contributed by atoms with Gasteiger partial charge in [-0.25, -0.2) is 4.57 Å². The Kier molecular flexibility index (Phi) is 18.7. The lowest BCUT2D eigenvalue weighted by molar-refractivity contribution is -0.703. The summed E-state index contributed by atoms with van der Waals surface area (Å²) in [7, 11) is 0. The number of halogens is 1. The Balaban J connectivity index is 0.00000676. The molecule has 0 radical (unpaired) electrons. The molecule has 1 aromatic rings. The molecule has 27 heavy (non-hydrogen) atoms. The normalized spacial score (nSPS) is 10.8. The maximum absolute atomic E-state index is 2.42. The molecular formula is C25H46BrN. The van der Waals surface area contributed by atoms with Crippen molar-refractivity contribution in [2.75, 3.05) is 0 Å². The SMILES string of the molecule is CCCCCCCCCCCCCCCCCC[n+]1cccc(C)c1C.[Br-]. The molecule has 158 valence electrons. The van der Waals surface area contributed by atoms with Crippen molar-refractivity contribution in [3.63, 3.8) is 0 Å². The molecule has 0 saturated carbocycles. The Bertz CT molecular complexity index is 444. The molecule has 1 nitrogen and oxygen atoms in total. The molecule has 0 aliphatic heterocycles. The summed E-state index contributed by atoms with van der Waals surface area (Å²) >= 11 is 0. The van der Waals surface area contributed by atoms with Crippen LogP contribution < -0.4 is 21.5 Å². The molecule has 0 unspecified atom stereocenters. The van der Waals surface area contributed by atoms with Gasteiger partial charge in [0.05, 0.1) is 0 Å². The lowest BCUT2D eigenvalue weighted by atomic mass is 10.0. The van der Waals surface area contributed by atoms with Gasteiger partial charge in [-0.15, -0.1) is 0 Å². The number of aryl methyl sites for hydroxylation is 2. The van der Waals surface area contributed by atoms with Crippen molar-refractivity contribution in [2.24, 2.45) is 0 Å². The van der Waals surface area contributed by atoms with Crippen molar-refractivity contribution in [2.45, 2.75) is 130 Å². The molecule has 1 rings (SSSR count). The summed E-state index contributed by atoms with van der Waals surface area (Å²) in [6.07, 6.45) is 25.3. The molecule has 1 aromatic heterocycles. The quantitative estimate of drug-likeness (QED) is 0.241. The highest BCUT2D eigenvalue weighted by Crippen LogP contribution is 2.13. The van der Waals surface area contributed by atoms with Crippen LogP contribution in [0.3, 0.4) is 0 Å². The highest BCUT2D eigenvalue weighted by Gasteiger charge is 2.07. The molecular weight excluding hydrogens is 394 g/mol. The van der Waals surface area contributed by atoms with E-state index in [0.29, 0.717) is 0 Å². The first-order valence-electron chi connectivity index (χ1n) is 11.7. The third-order valence-electron chi connectivity index (χ3n) is 5.87. The third-order valence-corrected chi connectivity index (χ3v) is 5.87. The maximum Gasteiger partial charge on any atom is 0.181 e. The lowest BCUT2D eigenvalue weighted by Crippen LogP contribution is -3.00. The monoisotopic (exact) mass is 439 g/mol. The molecule has 0 atom stereocenters. The van der Waals surface area contributed by atoms with E-state index in [1.165, 1.54) is 121 Å². The van der Waals surface area contributed by atoms with Gasteiger partial charge in [-0.05, 0) is 19.4 Å². The van der Waals surface area contributed by atoms with Gasteiger partial charge >= 0.3 is 0 Å². The minimum Gasteiger partial charge on any atom is -1.00 e. The van der Waals surface area contributed by atoms with Crippen LogP contribution in [0.1, 0.15) is 121 Å². The summed E-state index contributed by atoms with van der Waals surface area (Å²) < 4.78 is 2.42. The van der Waals surface area contributed by atoms with Crippen LogP contribution in [0, 0.1) is 13.8 Å². The van der Waals surface area contributed by atoms with Crippen molar-refractivity contribution in [3.8, 4) is 0 Å². The van der Waals surface area contributed by atoms with Crippen LogP contribution in [-0.4, -0.2) is 0 Å². The molecule has 0 aliphatic rings. The summed E-state index contributed by atoms with van der Waals surface area (Å²) in [5.74, 6) is 0. The van der Waals surface area contributed by atoms with Gasteiger partial charge in [0.15, 0.2) is 11.9 Å². The molecule has 0 saturated heterocycles. The molecule has 0 fully saturated rings. The van der Waals surface area contributed by atoms with Crippen LogP contribution in [0.15, 0.2) is 18.3 Å². The van der Waals surface area contributed by atoms with E-state index < -0.39 is 0 Å². The molecule has 2 heteroatoms. The number of nitrogens with zero attached hydrogens (tertiary/aromatic N) is 1. The second kappa shape index (κ2) is 19.0.